The second kappa shape index (κ2) is 9.38. The molecule has 14 heteroatoms. The predicted octanol–water partition coefficient (Wildman–Crippen LogP) is 3.60. The Morgan fingerprint density at radius 1 is 1.16 bits per heavy atom. The Kier molecular flexibility index (Phi) is 5.97. The highest BCUT2D eigenvalue weighted by Gasteiger charge is 2.50. The van der Waals surface area contributed by atoms with E-state index in [0.717, 1.165) is 16.2 Å². The van der Waals surface area contributed by atoms with E-state index in [-0.39, 0.29) is 23.3 Å². The first-order chi connectivity index (χ1) is 18.5. The number of para-hydroxylation sites is 1. The lowest BCUT2D eigenvalue weighted by Gasteiger charge is -2.28. The van der Waals surface area contributed by atoms with Crippen LogP contribution in [0.25, 0.3) is 28.2 Å². The van der Waals surface area contributed by atoms with Gasteiger partial charge in [0.25, 0.3) is 5.56 Å². The Bertz CT molecular complexity index is 1730. The van der Waals surface area contributed by atoms with Gasteiger partial charge in [-0.25, -0.2) is 9.38 Å². The third-order valence-electron chi connectivity index (χ3n) is 6.55. The van der Waals surface area contributed by atoms with Gasteiger partial charge >= 0.3 is 0 Å². The zero-order valence-electron chi connectivity index (χ0n) is 19.5. The van der Waals surface area contributed by atoms with E-state index in [9.17, 15) is 9.90 Å². The van der Waals surface area contributed by atoms with E-state index in [4.69, 9.17) is 24.5 Å². The van der Waals surface area contributed by atoms with Gasteiger partial charge in [-0.15, -0.1) is 0 Å². The highest BCUT2D eigenvalue weighted by molar-refractivity contribution is 8.41. The number of H-pyrrole nitrogens is 1. The van der Waals surface area contributed by atoms with Crippen molar-refractivity contribution in [2.45, 2.75) is 34.6 Å². The first kappa shape index (κ1) is 24.2. The SMILES string of the molecule is Nc1ccccc1Sc1nc2c(=O)n3cc(-c4ccccc4)[nH]c3nc2n1[C@@H]1OC2COP(S)OC2C1O. The summed E-state index contributed by atoms with van der Waals surface area (Å²) in [5, 5.41) is 11.7. The first-order valence-electron chi connectivity index (χ1n) is 11.7. The van der Waals surface area contributed by atoms with Gasteiger partial charge in [0.05, 0.1) is 12.3 Å². The molecule has 0 aliphatic carbocycles. The molecule has 5 atom stereocenters. The number of thiol groups is 1. The maximum absolute atomic E-state index is 13.6. The van der Waals surface area contributed by atoms with Crippen LogP contribution in [0, 0.1) is 0 Å². The summed E-state index contributed by atoms with van der Waals surface area (Å²) < 4.78 is 20.6. The molecular weight excluding hydrogens is 547 g/mol. The minimum absolute atomic E-state index is 0.136. The molecule has 2 aliphatic rings. The van der Waals surface area contributed by atoms with Gasteiger partial charge in [-0.05, 0) is 29.5 Å². The molecule has 2 aliphatic heterocycles. The van der Waals surface area contributed by atoms with Crippen molar-refractivity contribution in [3.63, 3.8) is 0 Å². The summed E-state index contributed by atoms with van der Waals surface area (Å²) in [5.74, 6) is 0.335. The quantitative estimate of drug-likeness (QED) is 0.145. The topological polar surface area (TPSA) is 142 Å². The zero-order valence-corrected chi connectivity index (χ0v) is 22.1. The molecule has 38 heavy (non-hydrogen) atoms. The lowest BCUT2D eigenvalue weighted by molar-refractivity contribution is -0.0558. The van der Waals surface area contributed by atoms with Crippen LogP contribution in [0.3, 0.4) is 0 Å². The summed E-state index contributed by atoms with van der Waals surface area (Å²) >= 11 is 5.55. The lowest BCUT2D eigenvalue weighted by Crippen LogP contribution is -2.37. The molecule has 0 spiro atoms. The number of nitrogen functional groups attached to an aromatic ring is 1. The fourth-order valence-corrected chi connectivity index (χ4v) is 7.00. The van der Waals surface area contributed by atoms with Gasteiger partial charge in [0.2, 0.25) is 13.4 Å². The van der Waals surface area contributed by atoms with Crippen LogP contribution in [-0.4, -0.2) is 53.9 Å². The lowest BCUT2D eigenvalue weighted by atomic mass is 10.1. The number of nitrogens with one attached hydrogen (secondary N) is 1. The molecule has 194 valence electrons. The molecule has 11 nitrogen and oxygen atoms in total. The molecule has 4 unspecified atom stereocenters. The van der Waals surface area contributed by atoms with Crippen LogP contribution in [-0.2, 0) is 13.8 Å². The molecule has 2 saturated heterocycles. The second-order valence-electron chi connectivity index (χ2n) is 8.88. The first-order valence-corrected chi connectivity index (χ1v) is 14.9. The molecular formula is C24H21N6O5PS2. The van der Waals surface area contributed by atoms with Crippen LogP contribution in [0.5, 0.6) is 0 Å². The molecule has 5 aromatic rings. The third-order valence-corrected chi connectivity index (χ3v) is 9.03. The average Bonchev–Trinajstić information content (AvgIpc) is 3.60. The molecule has 7 rings (SSSR count). The number of aromatic amines is 1. The van der Waals surface area contributed by atoms with Crippen molar-refractivity contribution in [2.75, 3.05) is 12.3 Å². The molecule has 0 saturated carbocycles. The minimum Gasteiger partial charge on any atom is -0.398 e. The van der Waals surface area contributed by atoms with Crippen molar-refractivity contribution in [3.05, 3.63) is 71.1 Å². The highest BCUT2D eigenvalue weighted by atomic mass is 32.7. The molecule has 0 amide bonds. The fourth-order valence-electron chi connectivity index (χ4n) is 4.72. The Morgan fingerprint density at radius 3 is 2.76 bits per heavy atom. The van der Waals surface area contributed by atoms with Crippen LogP contribution in [0.15, 0.2) is 75.6 Å². The van der Waals surface area contributed by atoms with Gasteiger partial charge in [-0.1, -0.05) is 54.7 Å². The van der Waals surface area contributed by atoms with Crippen LogP contribution in [0.1, 0.15) is 6.23 Å². The average molecular weight is 569 g/mol. The normalized spacial score (nSPS) is 25.3. The number of fused-ring (bicyclic) bond motifs is 3. The van der Waals surface area contributed by atoms with Gasteiger partial charge < -0.3 is 29.6 Å². The van der Waals surface area contributed by atoms with Crippen molar-refractivity contribution in [1.82, 2.24) is 23.9 Å². The van der Waals surface area contributed by atoms with Gasteiger partial charge in [-0.2, -0.15) is 4.98 Å². The number of rotatable bonds is 4. The van der Waals surface area contributed by atoms with E-state index >= 15 is 0 Å². The number of ether oxygens (including phenoxy) is 1. The summed E-state index contributed by atoms with van der Waals surface area (Å²) in [6.07, 6.45) is -1.46. The smallest absolute Gasteiger partial charge is 0.287 e. The Labute approximate surface area is 226 Å². The zero-order chi connectivity index (χ0) is 26.0. The largest absolute Gasteiger partial charge is 0.398 e. The number of nitrogens with zero attached hydrogens (tertiary/aromatic N) is 4. The van der Waals surface area contributed by atoms with Crippen LogP contribution in [0.2, 0.25) is 0 Å². The Hall–Kier alpha value is -2.90. The summed E-state index contributed by atoms with van der Waals surface area (Å²) in [6.45, 7) is 0.228. The maximum Gasteiger partial charge on any atom is 0.287 e. The number of benzene rings is 2. The van der Waals surface area contributed by atoms with Gasteiger partial charge in [-0.3, -0.25) is 9.36 Å². The van der Waals surface area contributed by atoms with E-state index in [1.54, 1.807) is 16.8 Å². The number of aliphatic hydroxyl groups excluding tert-OH is 1. The number of aliphatic hydroxyl groups is 1. The molecule has 2 aromatic carbocycles. The van der Waals surface area contributed by atoms with E-state index < -0.39 is 32.1 Å². The summed E-state index contributed by atoms with van der Waals surface area (Å²) in [6, 6.07) is 17.0. The summed E-state index contributed by atoms with van der Waals surface area (Å²) in [4.78, 5) is 27.1. The van der Waals surface area contributed by atoms with Crippen LogP contribution in [0.4, 0.5) is 5.69 Å². The standard InChI is InChI=1S/C24H21N6O5PS2/c25-13-8-4-5-9-16(13)38-24-27-17-20(30(24)22-18(31)19-15(34-22)11-33-36(37)35-19)28-23-26-14(10-29(23)21(17)32)12-6-2-1-3-7-12/h1-10,15,18-19,22,31,37H,11,25H2,(H,26,28)/t15?,18?,19?,22-,36?/m1/s1. The number of nitrogens with two attached hydrogens (primary N) is 1. The van der Waals surface area contributed by atoms with Crippen molar-refractivity contribution in [2.24, 2.45) is 0 Å². The van der Waals surface area contributed by atoms with Crippen molar-refractivity contribution in [3.8, 4) is 11.3 Å². The summed E-state index contributed by atoms with van der Waals surface area (Å²) in [7, 11) is -1.43. The summed E-state index contributed by atoms with van der Waals surface area (Å²) in [5.41, 5.74) is 8.45. The van der Waals surface area contributed by atoms with Crippen molar-refractivity contribution >= 4 is 54.2 Å². The van der Waals surface area contributed by atoms with E-state index in [2.05, 4.69) is 22.2 Å². The number of hydrogen-bond acceptors (Lipinski definition) is 10. The molecule has 0 bridgehead atoms. The number of imidazole rings is 2. The van der Waals surface area contributed by atoms with Crippen molar-refractivity contribution in [1.29, 1.82) is 0 Å². The van der Waals surface area contributed by atoms with Crippen LogP contribution >= 0.6 is 31.6 Å². The minimum atomic E-state index is -1.43. The third kappa shape index (κ3) is 3.93. The predicted molar refractivity (Wildman–Crippen MR) is 146 cm³/mol. The maximum atomic E-state index is 13.6. The van der Waals surface area contributed by atoms with Gasteiger partial charge in [0.15, 0.2) is 22.5 Å². The molecule has 0 radical (unpaired) electrons. The Balaban J connectivity index is 1.41. The van der Waals surface area contributed by atoms with E-state index in [1.807, 2.05) is 48.5 Å². The number of anilines is 1. The highest BCUT2D eigenvalue weighted by Crippen LogP contribution is 2.52. The van der Waals surface area contributed by atoms with Gasteiger partial charge in [0.1, 0.15) is 18.3 Å². The second-order valence-corrected chi connectivity index (χ2v) is 11.8. The van der Waals surface area contributed by atoms with Crippen molar-refractivity contribution < 1.29 is 18.9 Å². The van der Waals surface area contributed by atoms with E-state index in [0.29, 0.717) is 16.6 Å². The van der Waals surface area contributed by atoms with Crippen LogP contribution < -0.4 is 11.3 Å². The number of hydrogen-bond donors (Lipinski definition) is 4. The molecule has 3 aromatic heterocycles. The monoisotopic (exact) mass is 568 g/mol. The molecule has 2 fully saturated rings. The Morgan fingerprint density at radius 2 is 1.95 bits per heavy atom. The fraction of sp³-hybridized carbons (Fsp3) is 0.208. The number of aromatic nitrogens is 5. The van der Waals surface area contributed by atoms with Gasteiger partial charge in [0, 0.05) is 16.8 Å². The molecule has 4 N–H and O–H groups in total. The molecule has 5 heterocycles. The van der Waals surface area contributed by atoms with E-state index in [1.165, 1.54) is 16.2 Å².